The minimum atomic E-state index is -0.398. The monoisotopic (exact) mass is 731 g/mol. The van der Waals surface area contributed by atoms with Gasteiger partial charge in [-0.15, -0.1) is 0 Å². The molecule has 6 rings (SSSR count). The van der Waals surface area contributed by atoms with E-state index in [2.05, 4.69) is 241 Å². The summed E-state index contributed by atoms with van der Waals surface area (Å²) in [6.45, 7) is 18.5. The number of fused-ring (bicyclic) bond motifs is 1. The molecule has 282 valence electrons. The number of rotatable bonds is 13. The third-order valence-electron chi connectivity index (χ3n) is 11.5. The van der Waals surface area contributed by atoms with Gasteiger partial charge in [0.2, 0.25) is 0 Å². The highest BCUT2D eigenvalue weighted by atomic mass is 15.1. The van der Waals surface area contributed by atoms with E-state index < -0.39 is 5.41 Å². The van der Waals surface area contributed by atoms with Gasteiger partial charge in [-0.2, -0.15) is 0 Å². The summed E-state index contributed by atoms with van der Waals surface area (Å²) in [4.78, 5) is 2.32. The molecular weight excluding hydrogens is 675 g/mol. The fourth-order valence-corrected chi connectivity index (χ4v) is 8.23. The van der Waals surface area contributed by atoms with Crippen molar-refractivity contribution < 1.29 is 0 Å². The summed E-state index contributed by atoms with van der Waals surface area (Å²) in [5, 5.41) is 0. The lowest BCUT2D eigenvalue weighted by Crippen LogP contribution is -2.25. The molecule has 3 aromatic carbocycles. The zero-order valence-corrected chi connectivity index (χ0v) is 34.1. The summed E-state index contributed by atoms with van der Waals surface area (Å²) in [6, 6.07) is 28.7. The van der Waals surface area contributed by atoms with Crippen molar-refractivity contribution >= 4 is 16.8 Å². The Bertz CT molecular complexity index is 2270. The third-order valence-corrected chi connectivity index (χ3v) is 11.5. The molecule has 3 aromatic rings. The predicted octanol–water partition coefficient (Wildman–Crippen LogP) is 14.6. The number of hydrogen-bond acceptors (Lipinski definition) is 1. The van der Waals surface area contributed by atoms with Gasteiger partial charge >= 0.3 is 0 Å². The highest BCUT2D eigenvalue weighted by Gasteiger charge is 2.41. The van der Waals surface area contributed by atoms with Gasteiger partial charge in [0.25, 0.3) is 0 Å². The first-order valence-corrected chi connectivity index (χ1v) is 20.2. The topological polar surface area (TPSA) is 3.24 Å². The molecule has 0 saturated carbocycles. The lowest BCUT2D eigenvalue weighted by Gasteiger charge is -2.31. The maximum atomic E-state index is 4.69. The zero-order chi connectivity index (χ0) is 39.5. The van der Waals surface area contributed by atoms with Crippen LogP contribution in [0.25, 0.3) is 11.1 Å². The van der Waals surface area contributed by atoms with E-state index in [0.29, 0.717) is 18.4 Å². The first kappa shape index (κ1) is 39.8. The summed E-state index contributed by atoms with van der Waals surface area (Å²) in [7, 11) is 0. The Morgan fingerprint density at radius 1 is 0.768 bits per heavy atom. The molecule has 0 aromatic heterocycles. The molecule has 0 spiro atoms. The normalized spacial score (nSPS) is 22.0. The lowest BCUT2D eigenvalue weighted by atomic mass is 9.70. The van der Waals surface area contributed by atoms with E-state index in [1.165, 1.54) is 55.7 Å². The van der Waals surface area contributed by atoms with E-state index in [1.54, 1.807) is 0 Å². The minimum Gasteiger partial charge on any atom is -0.338 e. The molecule has 0 fully saturated rings. The van der Waals surface area contributed by atoms with Gasteiger partial charge in [0.1, 0.15) is 0 Å². The molecule has 1 nitrogen and oxygen atoms in total. The molecule has 0 aliphatic heterocycles. The lowest BCUT2D eigenvalue weighted by molar-refractivity contribution is 0.514. The molecule has 0 heterocycles. The van der Waals surface area contributed by atoms with Crippen molar-refractivity contribution in [2.45, 2.75) is 53.4 Å². The molecule has 3 atom stereocenters. The van der Waals surface area contributed by atoms with Crippen LogP contribution in [0.4, 0.5) is 5.69 Å². The van der Waals surface area contributed by atoms with Crippen molar-refractivity contribution in [3.63, 3.8) is 0 Å². The van der Waals surface area contributed by atoms with Gasteiger partial charge in [-0.1, -0.05) is 190 Å². The number of benzene rings is 3. The summed E-state index contributed by atoms with van der Waals surface area (Å²) in [5.74, 6) is 0.903. The van der Waals surface area contributed by atoms with Crippen LogP contribution in [0.2, 0.25) is 0 Å². The second-order valence-electron chi connectivity index (χ2n) is 14.8. The van der Waals surface area contributed by atoms with Crippen molar-refractivity contribution in [2.75, 3.05) is 11.4 Å². The zero-order valence-electron chi connectivity index (χ0n) is 34.1. The molecule has 0 amide bonds. The Labute approximate surface area is 337 Å². The fraction of sp³-hybridized carbons (Fsp3) is 0.200. The molecule has 1 heteroatoms. The SMILES string of the molecule is C=C(/C=C\C1=CC(C(/C=C\C)=C/C)(c2ccccc2)c2ccccc21)N(C/C=C\C1=CC=C(/C=C\C)C(C)C1C)c1ccc(C(/C=C2/C=CC=CC2)=C/C)cc1. The summed E-state index contributed by atoms with van der Waals surface area (Å²) in [6.07, 6.45) is 41.2. The molecule has 3 aliphatic carbocycles. The third kappa shape index (κ3) is 8.48. The Morgan fingerprint density at radius 2 is 1.48 bits per heavy atom. The van der Waals surface area contributed by atoms with Crippen LogP contribution < -0.4 is 4.90 Å². The average Bonchev–Trinajstić information content (AvgIpc) is 3.58. The van der Waals surface area contributed by atoms with Crippen molar-refractivity contribution in [1.82, 2.24) is 0 Å². The molecule has 3 unspecified atom stereocenters. The number of allylic oxidation sites excluding steroid dienone is 23. The van der Waals surface area contributed by atoms with Crippen LogP contribution >= 0.6 is 0 Å². The van der Waals surface area contributed by atoms with Crippen LogP contribution in [-0.4, -0.2) is 6.54 Å². The number of hydrogen-bond donors (Lipinski definition) is 0. The van der Waals surface area contributed by atoms with Gasteiger partial charge < -0.3 is 4.90 Å². The molecule has 0 bridgehead atoms. The van der Waals surface area contributed by atoms with Crippen molar-refractivity contribution in [1.29, 1.82) is 0 Å². The summed E-state index contributed by atoms with van der Waals surface area (Å²) < 4.78 is 0. The van der Waals surface area contributed by atoms with Gasteiger partial charge in [-0.3, -0.25) is 0 Å². The Balaban J connectivity index is 1.36. The van der Waals surface area contributed by atoms with Crippen LogP contribution in [0.5, 0.6) is 0 Å². The first-order valence-electron chi connectivity index (χ1n) is 20.2. The number of anilines is 1. The van der Waals surface area contributed by atoms with Gasteiger partial charge in [0.05, 0.1) is 5.41 Å². The standard InChI is InChI=1S/C55H57N/c1-8-21-46-32-33-47(43(7)42(46)6)25-20-38-56(52-36-34-48(35-37-52)45(10-3)39-44-23-14-12-15-24-44)41(5)30-31-49-40-55(50(11-4)22-9-2,51-26-16-13-17-27-51)54-29-19-18-28-53(49)54/h8-23,25-37,39-40,42-43H,5,24,38H2,1-4,6-7H3/b21-8-,22-9-,25-20-,31-30-,44-39-,45-10+,50-11+. The van der Waals surface area contributed by atoms with Crippen LogP contribution in [-0.2, 0) is 5.41 Å². The van der Waals surface area contributed by atoms with Gasteiger partial charge in [-0.05, 0) is 120 Å². The molecule has 0 radical (unpaired) electrons. The quantitative estimate of drug-likeness (QED) is 0.158. The highest BCUT2D eigenvalue weighted by Crippen LogP contribution is 2.50. The Morgan fingerprint density at radius 3 is 2.14 bits per heavy atom. The van der Waals surface area contributed by atoms with Crippen molar-refractivity contribution in [2.24, 2.45) is 11.8 Å². The smallest absolute Gasteiger partial charge is 0.0643 e. The Kier molecular flexibility index (Phi) is 13.2. The minimum absolute atomic E-state index is 0.398. The van der Waals surface area contributed by atoms with E-state index in [0.717, 1.165) is 17.8 Å². The van der Waals surface area contributed by atoms with Gasteiger partial charge in [0.15, 0.2) is 0 Å². The molecule has 0 N–H and O–H groups in total. The van der Waals surface area contributed by atoms with E-state index >= 15 is 0 Å². The van der Waals surface area contributed by atoms with E-state index in [-0.39, 0.29) is 0 Å². The first-order chi connectivity index (χ1) is 27.3. The fourth-order valence-electron chi connectivity index (χ4n) is 8.23. The van der Waals surface area contributed by atoms with E-state index in [1.807, 2.05) is 0 Å². The van der Waals surface area contributed by atoms with E-state index in [4.69, 9.17) is 0 Å². The molecule has 56 heavy (non-hydrogen) atoms. The molecule has 3 aliphatic rings. The molecular formula is C55H57N. The van der Waals surface area contributed by atoms with Crippen LogP contribution in [0.15, 0.2) is 223 Å². The second-order valence-corrected chi connectivity index (χ2v) is 14.8. The largest absolute Gasteiger partial charge is 0.338 e. The van der Waals surface area contributed by atoms with Crippen LogP contribution in [0.3, 0.4) is 0 Å². The van der Waals surface area contributed by atoms with Gasteiger partial charge in [-0.25, -0.2) is 0 Å². The maximum absolute atomic E-state index is 4.69. The Hall–Kier alpha value is -5.92. The second kappa shape index (κ2) is 18.6. The highest BCUT2D eigenvalue weighted by molar-refractivity contribution is 5.87. The van der Waals surface area contributed by atoms with Crippen molar-refractivity contribution in [3.05, 3.63) is 245 Å². The number of nitrogens with zero attached hydrogens (tertiary/aromatic N) is 1. The molecule has 0 saturated heterocycles. The summed E-state index contributed by atoms with van der Waals surface area (Å²) >= 11 is 0. The van der Waals surface area contributed by atoms with Crippen molar-refractivity contribution in [3.8, 4) is 0 Å². The van der Waals surface area contributed by atoms with Crippen LogP contribution in [0, 0.1) is 11.8 Å². The average molecular weight is 732 g/mol. The summed E-state index contributed by atoms with van der Waals surface area (Å²) in [5.41, 5.74) is 14.4. The van der Waals surface area contributed by atoms with Crippen LogP contribution in [0.1, 0.15) is 70.2 Å². The van der Waals surface area contributed by atoms with Gasteiger partial charge in [0, 0.05) is 17.9 Å². The van der Waals surface area contributed by atoms with E-state index in [9.17, 15) is 0 Å². The maximum Gasteiger partial charge on any atom is 0.0643 e. The predicted molar refractivity (Wildman–Crippen MR) is 245 cm³/mol.